The molecule has 0 atom stereocenters. The average molecular weight is 266 g/mol. The second-order valence-electron chi connectivity index (χ2n) is 3.37. The van der Waals surface area contributed by atoms with Gasteiger partial charge < -0.3 is 15.3 Å². The lowest BCUT2D eigenvalue weighted by molar-refractivity contribution is 0.360. The fourth-order valence-corrected chi connectivity index (χ4v) is 1.51. The van der Waals surface area contributed by atoms with Crippen LogP contribution in [0.15, 0.2) is 0 Å². The van der Waals surface area contributed by atoms with Crippen LogP contribution >= 0.6 is 0 Å². The molecule has 3 nitrogen and oxygen atoms in total. The Morgan fingerprint density at radius 1 is 0.444 bits per heavy atom. The molecular formula is C10H3F5O3. The van der Waals surface area contributed by atoms with Gasteiger partial charge in [0.15, 0.2) is 34.7 Å². The van der Waals surface area contributed by atoms with Crippen molar-refractivity contribution in [2.75, 3.05) is 0 Å². The van der Waals surface area contributed by atoms with Gasteiger partial charge in [0.05, 0.1) is 10.8 Å². The van der Waals surface area contributed by atoms with Gasteiger partial charge in [-0.3, -0.25) is 0 Å². The Morgan fingerprint density at radius 3 is 1.39 bits per heavy atom. The molecule has 0 aliphatic heterocycles. The topological polar surface area (TPSA) is 60.7 Å². The zero-order valence-electron chi connectivity index (χ0n) is 8.23. The third-order valence-corrected chi connectivity index (χ3v) is 2.38. The molecule has 0 saturated carbocycles. The Kier molecular flexibility index (Phi) is 2.46. The van der Waals surface area contributed by atoms with Crippen LogP contribution in [0, 0.1) is 29.1 Å². The monoisotopic (exact) mass is 266 g/mol. The van der Waals surface area contributed by atoms with E-state index in [1.54, 1.807) is 0 Å². The fraction of sp³-hybridized carbons (Fsp3) is 0. The van der Waals surface area contributed by atoms with Crippen LogP contribution in [0.3, 0.4) is 0 Å². The van der Waals surface area contributed by atoms with E-state index in [9.17, 15) is 27.1 Å². The molecule has 0 heterocycles. The molecule has 8 heteroatoms. The highest BCUT2D eigenvalue weighted by Crippen LogP contribution is 2.43. The smallest absolute Gasteiger partial charge is 0.205 e. The summed E-state index contributed by atoms with van der Waals surface area (Å²) in [5.41, 5.74) is 0. The molecule has 0 aromatic heterocycles. The van der Waals surface area contributed by atoms with Gasteiger partial charge in [-0.15, -0.1) is 0 Å². The Hall–Kier alpha value is -2.25. The van der Waals surface area contributed by atoms with E-state index in [1.807, 2.05) is 0 Å². The predicted molar refractivity (Wildman–Crippen MR) is 48.7 cm³/mol. The summed E-state index contributed by atoms with van der Waals surface area (Å²) in [6.07, 6.45) is 0. The van der Waals surface area contributed by atoms with Gasteiger partial charge in [-0.2, -0.15) is 8.78 Å². The molecule has 0 aliphatic carbocycles. The average Bonchev–Trinajstić information content (AvgIpc) is 2.35. The zero-order valence-corrected chi connectivity index (χ0v) is 8.23. The van der Waals surface area contributed by atoms with E-state index in [0.29, 0.717) is 0 Å². The zero-order chi connectivity index (χ0) is 13.8. The number of fused-ring (bicyclic) bond motifs is 1. The lowest BCUT2D eigenvalue weighted by Gasteiger charge is -2.10. The van der Waals surface area contributed by atoms with Crippen LogP contribution in [0.4, 0.5) is 22.0 Å². The number of hydrogen-bond donors (Lipinski definition) is 3. The van der Waals surface area contributed by atoms with Crippen molar-refractivity contribution >= 4 is 10.8 Å². The first-order chi connectivity index (χ1) is 8.29. The molecule has 0 amide bonds. The van der Waals surface area contributed by atoms with Crippen LogP contribution in [0.2, 0.25) is 0 Å². The molecule has 2 aromatic carbocycles. The van der Waals surface area contributed by atoms with Crippen LogP contribution < -0.4 is 0 Å². The van der Waals surface area contributed by atoms with Gasteiger partial charge in [-0.25, -0.2) is 13.2 Å². The van der Waals surface area contributed by atoms with Crippen LogP contribution in [-0.2, 0) is 0 Å². The minimum Gasteiger partial charge on any atom is -0.504 e. The SMILES string of the molecule is Oc1c(F)c(F)c2c(F)c(F)c(O)c(F)c2c1O. The molecule has 18 heavy (non-hydrogen) atoms. The van der Waals surface area contributed by atoms with E-state index in [2.05, 4.69) is 0 Å². The van der Waals surface area contributed by atoms with Crippen LogP contribution in [0.1, 0.15) is 0 Å². The van der Waals surface area contributed by atoms with Gasteiger partial charge in [0.1, 0.15) is 0 Å². The predicted octanol–water partition coefficient (Wildman–Crippen LogP) is 2.65. The van der Waals surface area contributed by atoms with E-state index in [-0.39, 0.29) is 0 Å². The van der Waals surface area contributed by atoms with Gasteiger partial charge in [0.25, 0.3) is 0 Å². The molecule has 96 valence electrons. The summed E-state index contributed by atoms with van der Waals surface area (Å²) in [5.74, 6) is -15.3. The molecule has 2 rings (SSSR count). The largest absolute Gasteiger partial charge is 0.504 e. The van der Waals surface area contributed by atoms with E-state index in [0.717, 1.165) is 0 Å². The number of aromatic hydroxyl groups is 3. The fourth-order valence-electron chi connectivity index (χ4n) is 1.51. The first-order valence-electron chi connectivity index (χ1n) is 4.37. The summed E-state index contributed by atoms with van der Waals surface area (Å²) >= 11 is 0. The molecule has 0 bridgehead atoms. The summed E-state index contributed by atoms with van der Waals surface area (Å²) in [5, 5.41) is 24.1. The third kappa shape index (κ3) is 1.28. The summed E-state index contributed by atoms with van der Waals surface area (Å²) in [6, 6.07) is 0. The van der Waals surface area contributed by atoms with Crippen LogP contribution in [0.25, 0.3) is 10.8 Å². The van der Waals surface area contributed by atoms with Crippen molar-refractivity contribution in [3.8, 4) is 17.2 Å². The minimum absolute atomic E-state index is 1.36. The number of hydrogen-bond acceptors (Lipinski definition) is 3. The number of phenols is 3. The van der Waals surface area contributed by atoms with Crippen LogP contribution in [0.5, 0.6) is 17.2 Å². The highest BCUT2D eigenvalue weighted by Gasteiger charge is 2.29. The van der Waals surface area contributed by atoms with Crippen molar-refractivity contribution in [3.63, 3.8) is 0 Å². The van der Waals surface area contributed by atoms with Gasteiger partial charge in [-0.1, -0.05) is 0 Å². The van der Waals surface area contributed by atoms with Crippen molar-refractivity contribution in [3.05, 3.63) is 29.1 Å². The highest BCUT2D eigenvalue weighted by molar-refractivity contribution is 5.93. The Bertz CT molecular complexity index is 570. The molecule has 0 fully saturated rings. The van der Waals surface area contributed by atoms with Crippen molar-refractivity contribution in [2.45, 2.75) is 0 Å². The second-order valence-corrected chi connectivity index (χ2v) is 3.37. The molecule has 2 aromatic rings. The van der Waals surface area contributed by atoms with Gasteiger partial charge >= 0.3 is 0 Å². The quantitative estimate of drug-likeness (QED) is 0.390. The normalized spacial score (nSPS) is 11.2. The van der Waals surface area contributed by atoms with Gasteiger partial charge in [-0.05, 0) is 0 Å². The maximum atomic E-state index is 13.4. The molecule has 0 spiro atoms. The third-order valence-electron chi connectivity index (χ3n) is 2.38. The Balaban J connectivity index is 3.22. The number of rotatable bonds is 0. The van der Waals surface area contributed by atoms with E-state index >= 15 is 0 Å². The van der Waals surface area contributed by atoms with Crippen molar-refractivity contribution < 1.29 is 37.3 Å². The Morgan fingerprint density at radius 2 is 0.889 bits per heavy atom. The molecule has 0 saturated heterocycles. The minimum atomic E-state index is -2.14. The number of benzene rings is 2. The first-order valence-corrected chi connectivity index (χ1v) is 4.37. The number of phenolic OH excluding ortho intramolecular Hbond substituents is 3. The van der Waals surface area contributed by atoms with Gasteiger partial charge in [0, 0.05) is 0 Å². The van der Waals surface area contributed by atoms with E-state index < -0.39 is 57.1 Å². The van der Waals surface area contributed by atoms with Crippen molar-refractivity contribution in [2.24, 2.45) is 0 Å². The molecule has 0 aliphatic rings. The lowest BCUT2D eigenvalue weighted by Crippen LogP contribution is -1.98. The van der Waals surface area contributed by atoms with E-state index in [1.165, 1.54) is 0 Å². The number of halogens is 5. The molecule has 0 radical (unpaired) electrons. The summed E-state index contributed by atoms with van der Waals surface area (Å²) in [4.78, 5) is 0. The first kappa shape index (κ1) is 12.2. The maximum Gasteiger partial charge on any atom is 0.205 e. The Labute approximate surface area is 95.3 Å². The lowest BCUT2D eigenvalue weighted by atomic mass is 10.1. The van der Waals surface area contributed by atoms with Crippen molar-refractivity contribution in [1.82, 2.24) is 0 Å². The summed E-state index contributed by atoms with van der Waals surface area (Å²) in [7, 11) is 0. The molecule has 0 unspecified atom stereocenters. The van der Waals surface area contributed by atoms with Gasteiger partial charge in [0.2, 0.25) is 11.6 Å². The molecule has 3 N–H and O–H groups in total. The standard InChI is InChI=1S/C10H3F5O3/c11-3-1-2(5(13)9(17)6(3)14)8(16)10(18)7(15)4(1)12/h16-18H. The summed E-state index contributed by atoms with van der Waals surface area (Å²) < 4.78 is 65.9. The molecular weight excluding hydrogens is 263 g/mol. The maximum absolute atomic E-state index is 13.4. The summed E-state index contributed by atoms with van der Waals surface area (Å²) in [6.45, 7) is 0. The van der Waals surface area contributed by atoms with Crippen LogP contribution in [-0.4, -0.2) is 15.3 Å². The second kappa shape index (κ2) is 3.62. The van der Waals surface area contributed by atoms with Crippen molar-refractivity contribution in [1.29, 1.82) is 0 Å². The highest BCUT2D eigenvalue weighted by atomic mass is 19.2. The van der Waals surface area contributed by atoms with E-state index in [4.69, 9.17) is 10.2 Å².